The third-order valence-electron chi connectivity index (χ3n) is 5.01. The first kappa shape index (κ1) is 18.4. The number of hydrogen-bond donors (Lipinski definition) is 2. The molecule has 2 saturated heterocycles. The normalized spacial score (nSPS) is 26.8. The van der Waals surface area contributed by atoms with Crippen molar-refractivity contribution in [2.45, 2.75) is 49.8 Å². The largest absolute Gasteiger partial charge is 0.483 e. The Hall–Kier alpha value is -1.92. The van der Waals surface area contributed by atoms with Gasteiger partial charge in [0, 0.05) is 12.1 Å². The van der Waals surface area contributed by atoms with Crippen LogP contribution in [0.3, 0.4) is 0 Å². The van der Waals surface area contributed by atoms with Crippen LogP contribution in [0.25, 0.3) is 0 Å². The molecule has 6 heteroatoms. The maximum absolute atomic E-state index is 12.4. The van der Waals surface area contributed by atoms with E-state index in [9.17, 15) is 9.90 Å². The third kappa shape index (κ3) is 4.33. The molecule has 2 aliphatic heterocycles. The van der Waals surface area contributed by atoms with Gasteiger partial charge in [0.15, 0.2) is 0 Å². The van der Waals surface area contributed by atoms with Gasteiger partial charge in [0.2, 0.25) is 0 Å². The van der Waals surface area contributed by atoms with Crippen LogP contribution in [0.4, 0.5) is 0 Å². The number of carbonyl (C=O) groups is 2. The molecule has 0 amide bonds. The van der Waals surface area contributed by atoms with Crippen molar-refractivity contribution in [1.82, 2.24) is 4.90 Å². The fourth-order valence-electron chi connectivity index (χ4n) is 3.71. The Morgan fingerprint density at radius 1 is 1.29 bits per heavy atom. The summed E-state index contributed by atoms with van der Waals surface area (Å²) in [5, 5.41) is 16.4. The van der Waals surface area contributed by atoms with Crippen LogP contribution in [-0.4, -0.2) is 59.4 Å². The minimum absolute atomic E-state index is 0.00367. The molecule has 3 atom stereocenters. The minimum atomic E-state index is -0.566. The van der Waals surface area contributed by atoms with E-state index in [4.69, 9.17) is 14.6 Å². The van der Waals surface area contributed by atoms with E-state index in [-0.39, 0.29) is 25.2 Å². The molecule has 3 unspecified atom stereocenters. The van der Waals surface area contributed by atoms with Gasteiger partial charge in [0.25, 0.3) is 6.47 Å². The van der Waals surface area contributed by atoms with E-state index < -0.39 is 5.92 Å². The van der Waals surface area contributed by atoms with Crippen LogP contribution in [0.15, 0.2) is 30.3 Å². The Bertz CT molecular complexity index is 521. The van der Waals surface area contributed by atoms with Gasteiger partial charge in [-0.05, 0) is 38.3 Å². The zero-order valence-electron chi connectivity index (χ0n) is 13.9. The van der Waals surface area contributed by atoms with Crippen molar-refractivity contribution >= 4 is 12.4 Å². The predicted molar refractivity (Wildman–Crippen MR) is 88.6 cm³/mol. The Labute approximate surface area is 142 Å². The summed E-state index contributed by atoms with van der Waals surface area (Å²) in [5.74, 6) is -0.860. The molecule has 0 aromatic heterocycles. The highest BCUT2D eigenvalue weighted by molar-refractivity contribution is 5.78. The highest BCUT2D eigenvalue weighted by Crippen LogP contribution is 2.36. The number of benzene rings is 1. The number of aliphatic hydroxyl groups is 1. The number of aliphatic hydroxyl groups excluding tert-OH is 1. The summed E-state index contributed by atoms with van der Waals surface area (Å²) < 4.78 is 5.70. The molecule has 1 aromatic carbocycles. The molecule has 2 aliphatic rings. The van der Waals surface area contributed by atoms with Gasteiger partial charge in [-0.3, -0.25) is 9.59 Å². The van der Waals surface area contributed by atoms with Gasteiger partial charge < -0.3 is 19.8 Å². The van der Waals surface area contributed by atoms with E-state index in [0.717, 1.165) is 18.4 Å². The van der Waals surface area contributed by atoms with Gasteiger partial charge in [0.05, 0.1) is 6.61 Å². The summed E-state index contributed by atoms with van der Waals surface area (Å²) in [5.41, 5.74) is 0.820. The van der Waals surface area contributed by atoms with E-state index in [1.54, 1.807) is 0 Å². The Morgan fingerprint density at radius 2 is 1.83 bits per heavy atom. The van der Waals surface area contributed by atoms with Crippen molar-refractivity contribution in [2.75, 3.05) is 13.7 Å². The second kappa shape index (κ2) is 8.80. The van der Waals surface area contributed by atoms with Crippen molar-refractivity contribution in [2.24, 2.45) is 0 Å². The van der Waals surface area contributed by atoms with E-state index in [1.165, 1.54) is 12.8 Å². The van der Waals surface area contributed by atoms with E-state index in [2.05, 4.69) is 11.9 Å². The average Bonchev–Trinajstić information content (AvgIpc) is 2.79. The monoisotopic (exact) mass is 335 g/mol. The maximum Gasteiger partial charge on any atom is 0.316 e. The van der Waals surface area contributed by atoms with Crippen molar-refractivity contribution < 1.29 is 24.5 Å². The van der Waals surface area contributed by atoms with Crippen molar-refractivity contribution in [1.29, 1.82) is 0 Å². The second-order valence-electron chi connectivity index (χ2n) is 6.33. The van der Waals surface area contributed by atoms with E-state index in [1.807, 2.05) is 30.3 Å². The summed E-state index contributed by atoms with van der Waals surface area (Å²) in [6.45, 7) is -0.456. The quantitative estimate of drug-likeness (QED) is 0.642. The number of esters is 1. The molecular formula is C18H25NO5. The fraction of sp³-hybridized carbons (Fsp3) is 0.556. The number of fused-ring (bicyclic) bond motifs is 2. The Morgan fingerprint density at radius 3 is 2.33 bits per heavy atom. The first-order valence-electron chi connectivity index (χ1n) is 8.26. The summed E-state index contributed by atoms with van der Waals surface area (Å²) in [7, 11) is 2.17. The van der Waals surface area contributed by atoms with E-state index >= 15 is 0 Å². The molecule has 1 aromatic rings. The number of rotatable bonds is 4. The van der Waals surface area contributed by atoms with Crippen LogP contribution in [0.2, 0.25) is 0 Å². The molecule has 0 spiro atoms. The number of nitrogens with zero attached hydrogens (tertiary/aromatic N) is 1. The smallest absolute Gasteiger partial charge is 0.316 e. The lowest BCUT2D eigenvalue weighted by Gasteiger charge is -2.36. The Balaban J connectivity index is 0.000000647. The Kier molecular flexibility index (Phi) is 6.75. The molecule has 6 nitrogen and oxygen atoms in total. The van der Waals surface area contributed by atoms with Crippen LogP contribution in [0.5, 0.6) is 0 Å². The first-order chi connectivity index (χ1) is 11.6. The molecular weight excluding hydrogens is 310 g/mol. The van der Waals surface area contributed by atoms with Crippen LogP contribution in [-0.2, 0) is 14.3 Å². The fourth-order valence-corrected chi connectivity index (χ4v) is 3.71. The van der Waals surface area contributed by atoms with Gasteiger partial charge in [-0.1, -0.05) is 30.3 Å². The standard InChI is InChI=1S/C17H23NO3.CH2O2/c1-18-13-7-8-14(18)10-15(9-13)21-17(20)16(11-19)12-5-3-2-4-6-12;2-1-3/h2-6,13-16,19H,7-11H2,1H3;1H,(H,2,3). The summed E-state index contributed by atoms with van der Waals surface area (Å²) >= 11 is 0. The number of piperidine rings is 1. The summed E-state index contributed by atoms with van der Waals surface area (Å²) in [6, 6.07) is 10.5. The zero-order valence-corrected chi connectivity index (χ0v) is 13.9. The number of hydrogen-bond acceptors (Lipinski definition) is 5. The molecule has 0 saturated carbocycles. The van der Waals surface area contributed by atoms with E-state index in [0.29, 0.717) is 12.1 Å². The summed E-state index contributed by atoms with van der Waals surface area (Å²) in [4.78, 5) is 23.1. The van der Waals surface area contributed by atoms with Gasteiger partial charge in [0.1, 0.15) is 12.0 Å². The van der Waals surface area contributed by atoms with Crippen molar-refractivity contribution in [3.05, 3.63) is 35.9 Å². The van der Waals surface area contributed by atoms with Gasteiger partial charge in [-0.2, -0.15) is 0 Å². The predicted octanol–water partition coefficient (Wildman–Crippen LogP) is 1.63. The average molecular weight is 335 g/mol. The van der Waals surface area contributed by atoms with Gasteiger partial charge in [-0.15, -0.1) is 0 Å². The second-order valence-corrected chi connectivity index (χ2v) is 6.33. The highest BCUT2D eigenvalue weighted by atomic mass is 16.5. The lowest BCUT2D eigenvalue weighted by atomic mass is 9.98. The molecule has 2 heterocycles. The third-order valence-corrected chi connectivity index (χ3v) is 5.01. The number of ether oxygens (including phenoxy) is 1. The van der Waals surface area contributed by atoms with Crippen molar-refractivity contribution in [3.63, 3.8) is 0 Å². The van der Waals surface area contributed by atoms with Crippen molar-refractivity contribution in [3.8, 4) is 0 Å². The zero-order chi connectivity index (χ0) is 17.5. The lowest BCUT2D eigenvalue weighted by Crippen LogP contribution is -2.43. The summed E-state index contributed by atoms with van der Waals surface area (Å²) in [6.07, 6.45) is 4.26. The first-order valence-corrected chi connectivity index (χ1v) is 8.26. The molecule has 0 aliphatic carbocycles. The van der Waals surface area contributed by atoms with Gasteiger partial charge >= 0.3 is 5.97 Å². The number of carbonyl (C=O) groups excluding carboxylic acids is 1. The molecule has 2 bridgehead atoms. The molecule has 2 N–H and O–H groups in total. The number of carboxylic acid groups (broad SMARTS) is 1. The molecule has 132 valence electrons. The molecule has 3 rings (SSSR count). The lowest BCUT2D eigenvalue weighted by molar-refractivity contribution is -0.155. The molecule has 24 heavy (non-hydrogen) atoms. The van der Waals surface area contributed by atoms with Crippen LogP contribution < -0.4 is 0 Å². The molecule has 0 radical (unpaired) electrons. The van der Waals surface area contributed by atoms with Crippen LogP contribution >= 0.6 is 0 Å². The molecule has 2 fully saturated rings. The van der Waals surface area contributed by atoms with Crippen LogP contribution in [0, 0.1) is 0 Å². The highest BCUT2D eigenvalue weighted by Gasteiger charge is 2.40. The topological polar surface area (TPSA) is 87.1 Å². The maximum atomic E-state index is 12.4. The SMILES string of the molecule is CN1C2CCC1CC(OC(=O)C(CO)c1ccccc1)C2.O=CO. The van der Waals surface area contributed by atoms with Gasteiger partial charge in [-0.25, -0.2) is 0 Å². The minimum Gasteiger partial charge on any atom is -0.483 e. The van der Waals surface area contributed by atoms with Crippen LogP contribution in [0.1, 0.15) is 37.2 Å².